The van der Waals surface area contributed by atoms with Crippen LogP contribution in [0.4, 0.5) is 0 Å². The number of nitrogens with zero attached hydrogens (tertiary/aromatic N) is 3. The van der Waals surface area contributed by atoms with Crippen molar-refractivity contribution >= 4 is 0 Å². The second-order valence-corrected chi connectivity index (χ2v) is 5.54. The average molecular weight is 267 g/mol. The van der Waals surface area contributed by atoms with Crippen LogP contribution in [0.2, 0.25) is 0 Å². The molecule has 19 heavy (non-hydrogen) atoms. The summed E-state index contributed by atoms with van der Waals surface area (Å²) in [6.45, 7) is 8.98. The SMILES string of the molecule is CCn1ncc(OC)c1C1(O)CCN(C(C)C)CC1. The zero-order chi connectivity index (χ0) is 14.0. The standard InChI is InChI=1S/C14H25N3O2/c1-5-17-13(12(19-4)10-15-17)14(18)6-8-16(9-7-14)11(2)3/h10-11,18H,5-9H2,1-4H3. The Kier molecular flexibility index (Phi) is 4.16. The summed E-state index contributed by atoms with van der Waals surface area (Å²) >= 11 is 0. The molecule has 0 spiro atoms. The van der Waals surface area contributed by atoms with E-state index in [9.17, 15) is 5.11 Å². The van der Waals surface area contributed by atoms with Gasteiger partial charge in [0.15, 0.2) is 5.75 Å². The summed E-state index contributed by atoms with van der Waals surface area (Å²) < 4.78 is 7.21. The van der Waals surface area contributed by atoms with Gasteiger partial charge in [0.2, 0.25) is 0 Å². The minimum Gasteiger partial charge on any atom is -0.493 e. The quantitative estimate of drug-likeness (QED) is 0.900. The molecule has 2 rings (SSSR count). The third kappa shape index (κ3) is 2.62. The van der Waals surface area contributed by atoms with E-state index in [1.165, 1.54) is 0 Å². The van der Waals surface area contributed by atoms with Crippen molar-refractivity contribution in [3.05, 3.63) is 11.9 Å². The maximum atomic E-state index is 11.0. The first-order chi connectivity index (χ1) is 9.01. The lowest BCUT2D eigenvalue weighted by atomic mass is 9.87. The third-order valence-corrected chi connectivity index (χ3v) is 4.12. The number of likely N-dealkylation sites (tertiary alicyclic amines) is 1. The number of aryl methyl sites for hydroxylation is 1. The maximum absolute atomic E-state index is 11.0. The Morgan fingerprint density at radius 1 is 1.42 bits per heavy atom. The number of methoxy groups -OCH3 is 1. The van der Waals surface area contributed by atoms with E-state index in [1.807, 2.05) is 11.6 Å². The fraction of sp³-hybridized carbons (Fsp3) is 0.786. The second-order valence-electron chi connectivity index (χ2n) is 5.54. The van der Waals surface area contributed by atoms with Gasteiger partial charge in [0.1, 0.15) is 11.3 Å². The smallest absolute Gasteiger partial charge is 0.162 e. The van der Waals surface area contributed by atoms with Crippen molar-refractivity contribution in [3.63, 3.8) is 0 Å². The van der Waals surface area contributed by atoms with Gasteiger partial charge in [-0.1, -0.05) is 0 Å². The van der Waals surface area contributed by atoms with Crippen LogP contribution in [0.15, 0.2) is 6.20 Å². The number of hydrogen-bond acceptors (Lipinski definition) is 4. The van der Waals surface area contributed by atoms with Crippen molar-refractivity contribution in [2.24, 2.45) is 0 Å². The Bertz CT molecular complexity index is 399. The van der Waals surface area contributed by atoms with Gasteiger partial charge >= 0.3 is 0 Å². The van der Waals surface area contributed by atoms with Crippen LogP contribution in [-0.4, -0.2) is 46.0 Å². The summed E-state index contributed by atoms with van der Waals surface area (Å²) in [6.07, 6.45) is 3.16. The first kappa shape index (κ1) is 14.3. The normalized spacial score (nSPS) is 19.9. The number of ether oxygens (including phenoxy) is 1. The lowest BCUT2D eigenvalue weighted by Crippen LogP contribution is -2.46. The fourth-order valence-electron chi connectivity index (χ4n) is 2.87. The Hall–Kier alpha value is -1.07. The first-order valence-corrected chi connectivity index (χ1v) is 7.08. The Morgan fingerprint density at radius 3 is 2.53 bits per heavy atom. The molecule has 2 heterocycles. The maximum Gasteiger partial charge on any atom is 0.162 e. The lowest BCUT2D eigenvalue weighted by molar-refractivity contribution is -0.0401. The highest BCUT2D eigenvalue weighted by molar-refractivity contribution is 5.31. The van der Waals surface area contributed by atoms with E-state index < -0.39 is 5.60 Å². The summed E-state index contributed by atoms with van der Waals surface area (Å²) in [7, 11) is 1.63. The van der Waals surface area contributed by atoms with E-state index in [0.717, 1.165) is 38.2 Å². The molecule has 1 N–H and O–H groups in total. The van der Waals surface area contributed by atoms with Crippen molar-refractivity contribution in [2.75, 3.05) is 20.2 Å². The zero-order valence-corrected chi connectivity index (χ0v) is 12.4. The summed E-state index contributed by atoms with van der Waals surface area (Å²) in [4.78, 5) is 2.40. The molecule has 0 amide bonds. The molecule has 1 aromatic heterocycles. The highest BCUT2D eigenvalue weighted by Gasteiger charge is 2.39. The van der Waals surface area contributed by atoms with Crippen molar-refractivity contribution in [1.82, 2.24) is 14.7 Å². The summed E-state index contributed by atoms with van der Waals surface area (Å²) in [5, 5.41) is 15.3. The molecule has 1 aliphatic heterocycles. The molecule has 0 aromatic carbocycles. The van der Waals surface area contributed by atoms with Crippen molar-refractivity contribution in [3.8, 4) is 5.75 Å². The third-order valence-electron chi connectivity index (χ3n) is 4.12. The number of hydrogen-bond donors (Lipinski definition) is 1. The minimum atomic E-state index is -0.816. The number of piperidine rings is 1. The van der Waals surface area contributed by atoms with Crippen LogP contribution in [0.3, 0.4) is 0 Å². The largest absolute Gasteiger partial charge is 0.493 e. The predicted molar refractivity (Wildman–Crippen MR) is 74.3 cm³/mol. The second kappa shape index (κ2) is 5.51. The van der Waals surface area contributed by atoms with E-state index in [4.69, 9.17) is 4.74 Å². The molecule has 0 aliphatic carbocycles. The van der Waals surface area contributed by atoms with Crippen molar-refractivity contribution in [1.29, 1.82) is 0 Å². The van der Waals surface area contributed by atoms with Gasteiger partial charge in [0.05, 0.1) is 13.3 Å². The van der Waals surface area contributed by atoms with Crippen LogP contribution in [0.5, 0.6) is 5.75 Å². The van der Waals surface area contributed by atoms with Gasteiger partial charge in [0.25, 0.3) is 0 Å². The topological polar surface area (TPSA) is 50.5 Å². The molecule has 0 atom stereocenters. The summed E-state index contributed by atoms with van der Waals surface area (Å²) in [6, 6.07) is 0.530. The molecule has 1 fully saturated rings. The van der Waals surface area contributed by atoms with E-state index in [1.54, 1.807) is 13.3 Å². The van der Waals surface area contributed by atoms with Gasteiger partial charge in [-0.15, -0.1) is 0 Å². The van der Waals surface area contributed by atoms with Gasteiger partial charge < -0.3 is 14.7 Å². The molecule has 0 unspecified atom stereocenters. The Morgan fingerprint density at radius 2 is 2.05 bits per heavy atom. The summed E-state index contributed by atoms with van der Waals surface area (Å²) in [5.41, 5.74) is 0.0179. The van der Waals surface area contributed by atoms with Gasteiger partial charge in [0, 0.05) is 25.7 Å². The molecule has 1 saturated heterocycles. The van der Waals surface area contributed by atoms with Crippen LogP contribution < -0.4 is 4.74 Å². The molecule has 0 saturated carbocycles. The van der Waals surface area contributed by atoms with E-state index in [-0.39, 0.29) is 0 Å². The van der Waals surface area contributed by atoms with Gasteiger partial charge in [-0.2, -0.15) is 5.10 Å². The van der Waals surface area contributed by atoms with E-state index in [0.29, 0.717) is 11.8 Å². The molecular formula is C14H25N3O2. The Labute approximate surface area is 115 Å². The fourth-order valence-corrected chi connectivity index (χ4v) is 2.87. The van der Waals surface area contributed by atoms with Gasteiger partial charge in [-0.05, 0) is 33.6 Å². The molecule has 108 valence electrons. The van der Waals surface area contributed by atoms with Crippen LogP contribution in [0.1, 0.15) is 39.3 Å². The highest BCUT2D eigenvalue weighted by atomic mass is 16.5. The highest BCUT2D eigenvalue weighted by Crippen LogP contribution is 2.38. The molecule has 5 heteroatoms. The molecular weight excluding hydrogens is 242 g/mol. The monoisotopic (exact) mass is 267 g/mol. The molecule has 1 aliphatic rings. The lowest BCUT2D eigenvalue weighted by Gasteiger charge is -2.40. The molecule has 0 bridgehead atoms. The van der Waals surface area contributed by atoms with Crippen LogP contribution in [0.25, 0.3) is 0 Å². The molecule has 0 radical (unpaired) electrons. The molecule has 5 nitrogen and oxygen atoms in total. The van der Waals surface area contributed by atoms with Crippen LogP contribution in [-0.2, 0) is 12.1 Å². The number of aliphatic hydroxyl groups is 1. The zero-order valence-electron chi connectivity index (χ0n) is 12.4. The minimum absolute atomic E-state index is 0.530. The molecule has 1 aromatic rings. The van der Waals surface area contributed by atoms with Crippen LogP contribution >= 0.6 is 0 Å². The average Bonchev–Trinajstić information content (AvgIpc) is 2.82. The van der Waals surface area contributed by atoms with E-state index in [2.05, 4.69) is 23.8 Å². The number of rotatable bonds is 4. The Balaban J connectivity index is 2.24. The number of aromatic nitrogens is 2. The summed E-state index contributed by atoms with van der Waals surface area (Å²) in [5.74, 6) is 0.697. The van der Waals surface area contributed by atoms with Crippen molar-refractivity contribution < 1.29 is 9.84 Å². The predicted octanol–water partition coefficient (Wildman–Crippen LogP) is 1.60. The van der Waals surface area contributed by atoms with Crippen molar-refractivity contribution in [2.45, 2.75) is 51.8 Å². The van der Waals surface area contributed by atoms with Gasteiger partial charge in [-0.3, -0.25) is 4.68 Å². The van der Waals surface area contributed by atoms with Gasteiger partial charge in [-0.25, -0.2) is 0 Å². The van der Waals surface area contributed by atoms with E-state index >= 15 is 0 Å². The van der Waals surface area contributed by atoms with Crippen LogP contribution in [0, 0.1) is 0 Å². The first-order valence-electron chi connectivity index (χ1n) is 7.08.